The van der Waals surface area contributed by atoms with Crippen molar-refractivity contribution in [3.8, 4) is 0 Å². The van der Waals surface area contributed by atoms with Gasteiger partial charge in [-0.3, -0.25) is 9.59 Å². The summed E-state index contributed by atoms with van der Waals surface area (Å²) in [4.78, 5) is 26.4. The molecule has 0 unspecified atom stereocenters. The SMILES string of the molecule is O=C(Nc1ccc(Cl)c(Cl)c1)[C@H]1CC(=O)N(C2CCCC2)C1. The zero-order chi connectivity index (χ0) is 15.7. The number of amides is 2. The monoisotopic (exact) mass is 340 g/mol. The number of benzene rings is 1. The summed E-state index contributed by atoms with van der Waals surface area (Å²) in [7, 11) is 0. The summed E-state index contributed by atoms with van der Waals surface area (Å²) in [6, 6.07) is 5.30. The standard InChI is InChI=1S/C16H18Cl2N2O2/c17-13-6-5-11(8-14(13)18)19-16(22)10-7-15(21)20(9-10)12-3-1-2-4-12/h5-6,8,10,12H,1-4,7,9H2,(H,19,22)/t10-/m0/s1. The van der Waals surface area contributed by atoms with Gasteiger partial charge in [0.15, 0.2) is 0 Å². The lowest BCUT2D eigenvalue weighted by Gasteiger charge is -2.23. The predicted octanol–water partition coefficient (Wildman–Crippen LogP) is 3.72. The Kier molecular flexibility index (Phi) is 4.59. The number of anilines is 1. The highest BCUT2D eigenvalue weighted by molar-refractivity contribution is 6.42. The van der Waals surface area contributed by atoms with Gasteiger partial charge in [-0.15, -0.1) is 0 Å². The largest absolute Gasteiger partial charge is 0.339 e. The lowest BCUT2D eigenvalue weighted by atomic mass is 10.1. The fourth-order valence-electron chi connectivity index (χ4n) is 3.29. The molecule has 1 aromatic carbocycles. The average molecular weight is 341 g/mol. The van der Waals surface area contributed by atoms with Crippen molar-refractivity contribution < 1.29 is 9.59 Å². The van der Waals surface area contributed by atoms with Gasteiger partial charge in [0.1, 0.15) is 0 Å². The van der Waals surface area contributed by atoms with Crippen molar-refractivity contribution in [2.75, 3.05) is 11.9 Å². The Bertz CT molecular complexity index is 600. The van der Waals surface area contributed by atoms with Gasteiger partial charge in [0, 0.05) is 24.7 Å². The van der Waals surface area contributed by atoms with Crippen LogP contribution in [0.25, 0.3) is 0 Å². The van der Waals surface area contributed by atoms with E-state index < -0.39 is 0 Å². The summed E-state index contributed by atoms with van der Waals surface area (Å²) in [6.07, 6.45) is 4.77. The van der Waals surface area contributed by atoms with Gasteiger partial charge in [0.2, 0.25) is 11.8 Å². The fraction of sp³-hybridized carbons (Fsp3) is 0.500. The molecular formula is C16H18Cl2N2O2. The Labute approximate surface area is 139 Å². The van der Waals surface area contributed by atoms with Crippen LogP contribution < -0.4 is 5.32 Å². The molecule has 0 spiro atoms. The highest BCUT2D eigenvalue weighted by atomic mass is 35.5. The summed E-state index contributed by atoms with van der Waals surface area (Å²) in [5, 5.41) is 3.67. The van der Waals surface area contributed by atoms with Gasteiger partial charge in [0.05, 0.1) is 16.0 Å². The van der Waals surface area contributed by atoms with E-state index in [1.807, 2.05) is 4.90 Å². The van der Waals surface area contributed by atoms with E-state index >= 15 is 0 Å². The molecule has 1 saturated carbocycles. The lowest BCUT2D eigenvalue weighted by Crippen LogP contribution is -2.35. The van der Waals surface area contributed by atoms with Crippen LogP contribution in [0.1, 0.15) is 32.1 Å². The molecular weight excluding hydrogens is 323 g/mol. The molecule has 0 aromatic heterocycles. The molecule has 1 saturated heterocycles. The molecule has 2 amide bonds. The number of halogens is 2. The van der Waals surface area contributed by atoms with E-state index in [4.69, 9.17) is 23.2 Å². The van der Waals surface area contributed by atoms with Crippen LogP contribution >= 0.6 is 23.2 Å². The van der Waals surface area contributed by atoms with Crippen molar-refractivity contribution >= 4 is 40.7 Å². The molecule has 6 heteroatoms. The van der Waals surface area contributed by atoms with E-state index in [2.05, 4.69) is 5.32 Å². The highest BCUT2D eigenvalue weighted by Crippen LogP contribution is 2.30. The van der Waals surface area contributed by atoms with Crippen LogP contribution in [-0.4, -0.2) is 29.3 Å². The minimum absolute atomic E-state index is 0.0983. The maximum absolute atomic E-state index is 12.4. The second kappa shape index (κ2) is 6.47. The molecule has 1 heterocycles. The summed E-state index contributed by atoms with van der Waals surface area (Å²) in [5.41, 5.74) is 0.603. The fourth-order valence-corrected chi connectivity index (χ4v) is 3.59. The first kappa shape index (κ1) is 15.6. The third kappa shape index (κ3) is 3.23. The van der Waals surface area contributed by atoms with Gasteiger partial charge >= 0.3 is 0 Å². The van der Waals surface area contributed by atoms with Gasteiger partial charge in [-0.05, 0) is 31.0 Å². The van der Waals surface area contributed by atoms with Crippen molar-refractivity contribution in [2.24, 2.45) is 5.92 Å². The Morgan fingerprint density at radius 3 is 2.59 bits per heavy atom. The molecule has 2 fully saturated rings. The van der Waals surface area contributed by atoms with Crippen molar-refractivity contribution in [1.29, 1.82) is 0 Å². The predicted molar refractivity (Wildman–Crippen MR) is 87.2 cm³/mol. The third-order valence-corrected chi connectivity index (χ3v) is 5.22. The molecule has 3 rings (SSSR count). The zero-order valence-electron chi connectivity index (χ0n) is 12.1. The van der Waals surface area contributed by atoms with Crippen LogP contribution in [0.15, 0.2) is 18.2 Å². The van der Waals surface area contributed by atoms with E-state index in [0.717, 1.165) is 12.8 Å². The average Bonchev–Trinajstić information content (AvgIpc) is 3.12. The van der Waals surface area contributed by atoms with Gasteiger partial charge in [-0.1, -0.05) is 36.0 Å². The summed E-state index contributed by atoms with van der Waals surface area (Å²) in [5.74, 6) is -0.323. The molecule has 1 atom stereocenters. The second-order valence-corrected chi connectivity index (χ2v) is 6.82. The molecule has 118 valence electrons. The van der Waals surface area contributed by atoms with Crippen LogP contribution in [-0.2, 0) is 9.59 Å². The van der Waals surface area contributed by atoms with E-state index in [1.165, 1.54) is 12.8 Å². The van der Waals surface area contributed by atoms with Gasteiger partial charge < -0.3 is 10.2 Å². The van der Waals surface area contributed by atoms with Gasteiger partial charge in [-0.2, -0.15) is 0 Å². The normalized spacial score (nSPS) is 22.4. The number of carbonyl (C=O) groups is 2. The maximum Gasteiger partial charge on any atom is 0.229 e. The summed E-state index contributed by atoms with van der Waals surface area (Å²) >= 11 is 11.8. The number of carbonyl (C=O) groups excluding carboxylic acids is 2. The van der Waals surface area contributed by atoms with Crippen molar-refractivity contribution in [1.82, 2.24) is 4.90 Å². The first-order valence-electron chi connectivity index (χ1n) is 7.60. The highest BCUT2D eigenvalue weighted by Gasteiger charge is 2.38. The first-order valence-corrected chi connectivity index (χ1v) is 8.35. The molecule has 1 N–H and O–H groups in total. The number of hydrogen-bond donors (Lipinski definition) is 1. The number of nitrogens with zero attached hydrogens (tertiary/aromatic N) is 1. The molecule has 1 aromatic rings. The molecule has 1 aliphatic carbocycles. The Morgan fingerprint density at radius 1 is 1.18 bits per heavy atom. The quantitative estimate of drug-likeness (QED) is 0.911. The maximum atomic E-state index is 12.4. The van der Waals surface area contributed by atoms with Crippen LogP contribution in [0.5, 0.6) is 0 Å². The Balaban J connectivity index is 1.63. The number of nitrogens with one attached hydrogen (secondary N) is 1. The van der Waals surface area contributed by atoms with Crippen LogP contribution in [0, 0.1) is 5.92 Å². The minimum Gasteiger partial charge on any atom is -0.339 e. The van der Waals surface area contributed by atoms with E-state index in [-0.39, 0.29) is 17.7 Å². The van der Waals surface area contributed by atoms with E-state index in [0.29, 0.717) is 34.7 Å². The number of rotatable bonds is 3. The third-order valence-electron chi connectivity index (χ3n) is 4.48. The van der Waals surface area contributed by atoms with E-state index in [9.17, 15) is 9.59 Å². The van der Waals surface area contributed by atoms with Crippen LogP contribution in [0.4, 0.5) is 5.69 Å². The minimum atomic E-state index is -0.289. The molecule has 22 heavy (non-hydrogen) atoms. The Morgan fingerprint density at radius 2 is 1.91 bits per heavy atom. The molecule has 2 aliphatic rings. The first-order chi connectivity index (χ1) is 10.5. The lowest BCUT2D eigenvalue weighted by molar-refractivity contribution is -0.129. The second-order valence-electron chi connectivity index (χ2n) is 6.00. The van der Waals surface area contributed by atoms with Crippen molar-refractivity contribution in [3.63, 3.8) is 0 Å². The summed E-state index contributed by atoms with van der Waals surface area (Å²) in [6.45, 7) is 0.524. The van der Waals surface area contributed by atoms with Crippen LogP contribution in [0.2, 0.25) is 10.0 Å². The van der Waals surface area contributed by atoms with Crippen molar-refractivity contribution in [2.45, 2.75) is 38.1 Å². The van der Waals surface area contributed by atoms with Crippen LogP contribution in [0.3, 0.4) is 0 Å². The molecule has 1 aliphatic heterocycles. The van der Waals surface area contributed by atoms with Crippen molar-refractivity contribution in [3.05, 3.63) is 28.2 Å². The molecule has 0 bridgehead atoms. The van der Waals surface area contributed by atoms with Gasteiger partial charge in [-0.25, -0.2) is 0 Å². The Hall–Kier alpha value is -1.26. The number of hydrogen-bond acceptors (Lipinski definition) is 2. The molecule has 4 nitrogen and oxygen atoms in total. The van der Waals surface area contributed by atoms with E-state index in [1.54, 1.807) is 18.2 Å². The zero-order valence-corrected chi connectivity index (χ0v) is 13.7. The topological polar surface area (TPSA) is 49.4 Å². The number of likely N-dealkylation sites (tertiary alicyclic amines) is 1. The molecule has 0 radical (unpaired) electrons. The summed E-state index contributed by atoms with van der Waals surface area (Å²) < 4.78 is 0. The van der Waals surface area contributed by atoms with Gasteiger partial charge in [0.25, 0.3) is 0 Å². The smallest absolute Gasteiger partial charge is 0.229 e.